The van der Waals surface area contributed by atoms with E-state index < -0.39 is 0 Å². The summed E-state index contributed by atoms with van der Waals surface area (Å²) in [6.45, 7) is 4.53. The topological polar surface area (TPSA) is 38.1 Å². The Labute approximate surface area is 133 Å². The van der Waals surface area contributed by atoms with E-state index in [0.29, 0.717) is 0 Å². The van der Waals surface area contributed by atoms with Gasteiger partial charge < -0.3 is 5.11 Å². The molecule has 4 heteroatoms. The molecular formula is C17H29ClN2O. The second-order valence-electron chi connectivity index (χ2n) is 6.90. The Morgan fingerprint density at radius 1 is 1.38 bits per heavy atom. The third-order valence-corrected chi connectivity index (χ3v) is 5.76. The van der Waals surface area contributed by atoms with Crippen molar-refractivity contribution in [2.24, 2.45) is 18.4 Å². The number of halogens is 1. The highest BCUT2D eigenvalue weighted by Crippen LogP contribution is 2.43. The lowest BCUT2D eigenvalue weighted by Crippen LogP contribution is -2.33. The molecule has 1 aliphatic rings. The van der Waals surface area contributed by atoms with E-state index in [9.17, 15) is 5.11 Å². The maximum absolute atomic E-state index is 9.98. The van der Waals surface area contributed by atoms with Gasteiger partial charge in [-0.2, -0.15) is 5.10 Å². The van der Waals surface area contributed by atoms with Crippen LogP contribution in [0.4, 0.5) is 0 Å². The quantitative estimate of drug-likeness (QED) is 0.851. The van der Waals surface area contributed by atoms with E-state index in [2.05, 4.69) is 12.0 Å². The first-order valence-corrected chi connectivity index (χ1v) is 8.68. The van der Waals surface area contributed by atoms with E-state index in [1.54, 1.807) is 4.68 Å². The largest absolute Gasteiger partial charge is 0.396 e. The number of unbranched alkanes of at least 4 members (excludes halogenated alkanes) is 1. The van der Waals surface area contributed by atoms with Gasteiger partial charge in [-0.3, -0.25) is 4.68 Å². The van der Waals surface area contributed by atoms with Crippen molar-refractivity contribution in [3.05, 3.63) is 16.4 Å². The van der Waals surface area contributed by atoms with Crippen LogP contribution in [0.15, 0.2) is 0 Å². The summed E-state index contributed by atoms with van der Waals surface area (Å²) in [7, 11) is 1.88. The molecule has 1 fully saturated rings. The van der Waals surface area contributed by atoms with Crippen LogP contribution in [0.25, 0.3) is 0 Å². The summed E-state index contributed by atoms with van der Waals surface area (Å²) in [6.07, 6.45) is 9.56. The summed E-state index contributed by atoms with van der Waals surface area (Å²) in [5.41, 5.74) is 2.14. The number of nitrogens with zero attached hydrogens (tertiary/aromatic N) is 2. The van der Waals surface area contributed by atoms with Crippen molar-refractivity contribution in [2.75, 3.05) is 6.61 Å². The van der Waals surface area contributed by atoms with Crippen molar-refractivity contribution in [3.8, 4) is 0 Å². The van der Waals surface area contributed by atoms with Gasteiger partial charge in [-0.05, 0) is 50.4 Å². The molecule has 21 heavy (non-hydrogen) atoms. The van der Waals surface area contributed by atoms with Crippen molar-refractivity contribution in [2.45, 2.75) is 65.2 Å². The lowest BCUT2D eigenvalue weighted by atomic mass is 9.67. The highest BCUT2D eigenvalue weighted by atomic mass is 35.5. The molecule has 0 bridgehead atoms. The Kier molecular flexibility index (Phi) is 5.73. The fraction of sp³-hybridized carbons (Fsp3) is 0.824. The van der Waals surface area contributed by atoms with Gasteiger partial charge >= 0.3 is 0 Å². The number of hydrogen-bond donors (Lipinski definition) is 1. The Hall–Kier alpha value is -0.540. The molecule has 0 aromatic carbocycles. The first-order chi connectivity index (χ1) is 10.0. The van der Waals surface area contributed by atoms with Crippen LogP contribution >= 0.6 is 11.6 Å². The van der Waals surface area contributed by atoms with Crippen LogP contribution < -0.4 is 0 Å². The van der Waals surface area contributed by atoms with Crippen LogP contribution in [0.3, 0.4) is 0 Å². The lowest BCUT2D eigenvalue weighted by Gasteiger charge is -2.39. The molecule has 2 rings (SSSR count). The van der Waals surface area contributed by atoms with Crippen molar-refractivity contribution in [1.82, 2.24) is 9.78 Å². The van der Waals surface area contributed by atoms with E-state index in [-0.39, 0.29) is 12.0 Å². The highest BCUT2D eigenvalue weighted by molar-refractivity contribution is 6.30. The van der Waals surface area contributed by atoms with E-state index in [4.69, 9.17) is 11.6 Å². The molecule has 0 unspecified atom stereocenters. The predicted octanol–water partition coefficient (Wildman–Crippen LogP) is 4.28. The van der Waals surface area contributed by atoms with Gasteiger partial charge in [0.1, 0.15) is 5.15 Å². The summed E-state index contributed by atoms with van der Waals surface area (Å²) in [4.78, 5) is 0. The van der Waals surface area contributed by atoms with E-state index in [1.165, 1.54) is 32.1 Å². The first-order valence-electron chi connectivity index (χ1n) is 8.30. The number of rotatable bonds is 6. The van der Waals surface area contributed by atoms with Crippen LogP contribution in [0, 0.1) is 18.3 Å². The molecule has 0 aliphatic heterocycles. The number of aryl methyl sites for hydroxylation is 2. The van der Waals surface area contributed by atoms with Gasteiger partial charge in [-0.1, -0.05) is 37.8 Å². The zero-order chi connectivity index (χ0) is 15.5. The predicted molar refractivity (Wildman–Crippen MR) is 87.7 cm³/mol. The Bertz CT molecular complexity index is 462. The zero-order valence-electron chi connectivity index (χ0n) is 13.7. The SMILES string of the molecule is CCCCC1CCC(CO)(Cc2c(C)nn(C)c2Cl)CC1. The van der Waals surface area contributed by atoms with E-state index in [0.717, 1.165) is 41.6 Å². The fourth-order valence-electron chi connectivity index (χ4n) is 3.71. The molecule has 1 aromatic heterocycles. The third-order valence-electron chi connectivity index (χ3n) is 5.29. The molecular weight excluding hydrogens is 284 g/mol. The molecule has 1 N–H and O–H groups in total. The van der Waals surface area contributed by atoms with Crippen LogP contribution in [0.1, 0.15) is 63.1 Å². The minimum Gasteiger partial charge on any atom is -0.396 e. The van der Waals surface area contributed by atoms with Gasteiger partial charge in [0.05, 0.1) is 5.69 Å². The summed E-state index contributed by atoms with van der Waals surface area (Å²) in [6, 6.07) is 0. The average molecular weight is 313 g/mol. The monoisotopic (exact) mass is 312 g/mol. The van der Waals surface area contributed by atoms with E-state index >= 15 is 0 Å². The zero-order valence-corrected chi connectivity index (χ0v) is 14.4. The van der Waals surface area contributed by atoms with Crippen molar-refractivity contribution in [1.29, 1.82) is 0 Å². The molecule has 0 spiro atoms. The van der Waals surface area contributed by atoms with Gasteiger partial charge in [0.15, 0.2) is 0 Å². The van der Waals surface area contributed by atoms with Gasteiger partial charge in [0, 0.05) is 19.2 Å². The summed E-state index contributed by atoms with van der Waals surface area (Å²) in [5.74, 6) is 0.857. The molecule has 0 saturated heterocycles. The van der Waals surface area contributed by atoms with Gasteiger partial charge in [0.2, 0.25) is 0 Å². The van der Waals surface area contributed by atoms with Gasteiger partial charge in [-0.25, -0.2) is 0 Å². The molecule has 3 nitrogen and oxygen atoms in total. The lowest BCUT2D eigenvalue weighted by molar-refractivity contribution is 0.0619. The summed E-state index contributed by atoms with van der Waals surface area (Å²) in [5, 5.41) is 15.1. The molecule has 0 radical (unpaired) electrons. The standard InChI is InChI=1S/C17H29ClN2O/c1-4-5-6-14-7-9-17(12-21,10-8-14)11-15-13(2)19-20(3)16(15)18/h14,21H,4-12H2,1-3H3. The highest BCUT2D eigenvalue weighted by Gasteiger charge is 2.36. The van der Waals surface area contributed by atoms with Crippen molar-refractivity contribution < 1.29 is 5.11 Å². The van der Waals surface area contributed by atoms with Crippen LogP contribution in [0.5, 0.6) is 0 Å². The number of hydrogen-bond acceptors (Lipinski definition) is 2. The minimum absolute atomic E-state index is 0.0140. The summed E-state index contributed by atoms with van der Waals surface area (Å²) >= 11 is 6.37. The van der Waals surface area contributed by atoms with Crippen molar-refractivity contribution >= 4 is 11.6 Å². The molecule has 1 aliphatic carbocycles. The first kappa shape index (κ1) is 16.8. The molecule has 1 aromatic rings. The molecule has 1 saturated carbocycles. The maximum atomic E-state index is 9.98. The fourth-order valence-corrected chi connectivity index (χ4v) is 3.95. The Morgan fingerprint density at radius 2 is 2.05 bits per heavy atom. The van der Waals surface area contributed by atoms with Crippen LogP contribution in [-0.2, 0) is 13.5 Å². The van der Waals surface area contributed by atoms with Crippen LogP contribution in [0.2, 0.25) is 5.15 Å². The second-order valence-corrected chi connectivity index (χ2v) is 7.26. The average Bonchev–Trinajstić information content (AvgIpc) is 2.73. The number of aromatic nitrogens is 2. The van der Waals surface area contributed by atoms with E-state index in [1.807, 2.05) is 14.0 Å². The molecule has 1 heterocycles. The summed E-state index contributed by atoms with van der Waals surface area (Å²) < 4.78 is 1.74. The smallest absolute Gasteiger partial charge is 0.130 e. The van der Waals surface area contributed by atoms with Crippen molar-refractivity contribution in [3.63, 3.8) is 0 Å². The Balaban J connectivity index is 2.03. The second kappa shape index (κ2) is 7.15. The maximum Gasteiger partial charge on any atom is 0.130 e. The molecule has 0 atom stereocenters. The van der Waals surface area contributed by atoms with Gasteiger partial charge in [0.25, 0.3) is 0 Å². The van der Waals surface area contributed by atoms with Gasteiger partial charge in [-0.15, -0.1) is 0 Å². The molecule has 0 amide bonds. The van der Waals surface area contributed by atoms with Crippen LogP contribution in [-0.4, -0.2) is 21.5 Å². The number of aliphatic hydroxyl groups is 1. The minimum atomic E-state index is 0.0140. The number of aliphatic hydroxyl groups excluding tert-OH is 1. The molecule has 120 valence electrons. The normalized spacial score (nSPS) is 26.2. The third kappa shape index (κ3) is 3.81. The Morgan fingerprint density at radius 3 is 2.52 bits per heavy atom.